The Hall–Kier alpha value is -2.76. The first-order valence-electron chi connectivity index (χ1n) is 40.5. The van der Waals surface area contributed by atoms with Crippen molar-refractivity contribution in [3.05, 3.63) is 0 Å². The molecule has 0 bridgehead atoms. The number of aliphatic hydroxyl groups excluding tert-OH is 18. The van der Waals surface area contributed by atoms with Gasteiger partial charge in [0, 0.05) is 92.0 Å². The third kappa shape index (κ3) is 32.7. The molecule has 0 unspecified atom stereocenters. The quantitative estimate of drug-likeness (QED) is 0.0252. The number of aliphatic hydroxyl groups is 18. The average molecular weight is 2020 g/mol. The summed E-state index contributed by atoms with van der Waals surface area (Å²) in [4.78, 5) is 92.5. The van der Waals surface area contributed by atoms with E-state index in [4.69, 9.17) is 76.2 Å². The summed E-state index contributed by atoms with van der Waals surface area (Å²) in [5, 5.41) is 285. The Labute approximate surface area is 768 Å². The van der Waals surface area contributed by atoms with Crippen molar-refractivity contribution in [3.8, 4) is 0 Å². The monoisotopic (exact) mass is 2020 g/mol. The number of rotatable bonds is 54. The van der Waals surface area contributed by atoms with Crippen LogP contribution < -0.4 is 0 Å². The van der Waals surface area contributed by atoms with E-state index in [-0.39, 0.29) is 93.4 Å². The van der Waals surface area contributed by atoms with Crippen molar-refractivity contribution in [3.63, 3.8) is 0 Å². The lowest BCUT2D eigenvalue weighted by Gasteiger charge is -2.50. The van der Waals surface area contributed by atoms with Crippen LogP contribution >= 0.6 is 94.1 Å². The van der Waals surface area contributed by atoms with Gasteiger partial charge in [0.1, 0.15) is 146 Å². The van der Waals surface area contributed by atoms with Gasteiger partial charge in [0.05, 0.1) is 100 Å². The largest absolute Gasteiger partial charge is 0.481 e. The zero-order valence-corrected chi connectivity index (χ0v) is 74.9. The second-order valence-corrected chi connectivity index (χ2v) is 39.9. The minimum absolute atomic E-state index is 0.00895. The van der Waals surface area contributed by atoms with Crippen LogP contribution in [0.3, 0.4) is 0 Å². The molecule has 129 heavy (non-hydrogen) atoms. The molecule has 0 saturated carbocycles. The lowest BCUT2D eigenvalue weighted by molar-refractivity contribution is -0.391. The second kappa shape index (κ2) is 54.6. The molecule has 49 nitrogen and oxygen atoms in total. The van der Waals surface area contributed by atoms with E-state index in [0.29, 0.717) is 0 Å². The highest BCUT2D eigenvalue weighted by molar-refractivity contribution is 8.00. The molecule has 744 valence electrons. The van der Waals surface area contributed by atoms with E-state index in [1.54, 1.807) is 0 Å². The minimum Gasteiger partial charge on any atom is -0.481 e. The summed E-state index contributed by atoms with van der Waals surface area (Å²) in [6.45, 7) is 0. The molecule has 0 spiro atoms. The van der Waals surface area contributed by atoms with Gasteiger partial charge in [0.2, 0.25) is 0 Å². The smallest absolute Gasteiger partial charge is 0.304 e. The van der Waals surface area contributed by atoms with Crippen LogP contribution in [-0.4, -0.2) is 518 Å². The van der Waals surface area contributed by atoms with Crippen LogP contribution in [-0.2, 0) is 109 Å². The summed E-state index contributed by atoms with van der Waals surface area (Å²) in [5.41, 5.74) is 0. The SMILES string of the molecule is O=C(O)CCSC[C@H]1O[C@H](O[C@H]2[C@H](O)[C@@H](O)[C@@H](O[C@H]3[C@H](O)[C@@H](O)[C@@H](O[C@H]4[C@H](O)[C@@H](O)[C@@H](O[C@H]5[C@H](O)[C@@H](O)[C@@H](O[C@H]6[C@H](O)[C@@H](O)[C@@H](O[C@H]7[C@H](O)[C@@H](O)[C@@H](O[C@H]8[C@H](O)[C@@H](O)[C@@H](O)O[C@@H]8CSCCC(=O)O)O[C@@H]7CSCCC(=O)O)O[C@@H]6CSCCC(=O)O)O[C@@H]5CSCCC(=O)O)O[C@@H]4CSCCC(=O)O)O[C@@H]3CSCCC(=O)O)O[C@@H]2CSCCC(=O)O)[C@H](O)[C@@H](O)[C@@H]1O. The van der Waals surface area contributed by atoms with Crippen molar-refractivity contribution in [1.82, 2.24) is 0 Å². The van der Waals surface area contributed by atoms with E-state index in [0.717, 1.165) is 94.1 Å². The number of hydrogen-bond donors (Lipinski definition) is 26. The summed E-state index contributed by atoms with van der Waals surface area (Å²) in [7, 11) is 0. The van der Waals surface area contributed by atoms with Crippen molar-refractivity contribution in [2.24, 2.45) is 0 Å². The molecule has 0 aromatic rings. The van der Waals surface area contributed by atoms with Crippen LogP contribution in [0.5, 0.6) is 0 Å². The van der Waals surface area contributed by atoms with Crippen molar-refractivity contribution >= 4 is 142 Å². The van der Waals surface area contributed by atoms with Gasteiger partial charge in [-0.2, -0.15) is 94.1 Å². The van der Waals surface area contributed by atoms with E-state index in [1.165, 1.54) is 0 Å². The van der Waals surface area contributed by atoms with E-state index in [9.17, 15) is 166 Å². The van der Waals surface area contributed by atoms with Gasteiger partial charge in [-0.1, -0.05) is 0 Å². The van der Waals surface area contributed by atoms with Gasteiger partial charge in [0.15, 0.2) is 50.3 Å². The van der Waals surface area contributed by atoms with E-state index < -0.39 is 343 Å². The molecule has 0 amide bonds. The van der Waals surface area contributed by atoms with E-state index in [2.05, 4.69) is 0 Å². The van der Waals surface area contributed by atoms with Crippen molar-refractivity contribution in [2.45, 2.75) is 297 Å². The lowest BCUT2D eigenvalue weighted by Crippen LogP contribution is -2.68. The molecule has 8 aliphatic heterocycles. The van der Waals surface area contributed by atoms with Gasteiger partial charge < -0.3 is 204 Å². The maximum absolute atomic E-state index is 12.3. The fourth-order valence-electron chi connectivity index (χ4n) is 14.3. The number of hydrogen-bond acceptors (Lipinski definition) is 49. The Bertz CT molecular complexity index is 3420. The van der Waals surface area contributed by atoms with Crippen LogP contribution in [0, 0.1) is 0 Å². The molecule has 8 rings (SSSR count). The third-order valence-corrected chi connectivity index (χ3v) is 29.6. The molecule has 8 saturated heterocycles. The van der Waals surface area contributed by atoms with Gasteiger partial charge in [0.25, 0.3) is 0 Å². The van der Waals surface area contributed by atoms with Crippen molar-refractivity contribution in [2.75, 3.05) is 92.0 Å². The lowest BCUT2D eigenvalue weighted by atomic mass is 9.95. The highest BCUT2D eigenvalue weighted by Gasteiger charge is 2.60. The molecule has 40 atom stereocenters. The Morgan fingerprint density at radius 3 is 0.488 bits per heavy atom. The Morgan fingerprint density at radius 1 is 0.178 bits per heavy atom. The maximum Gasteiger partial charge on any atom is 0.304 e. The Morgan fingerprint density at radius 2 is 0.318 bits per heavy atom. The molecule has 26 N–H and O–H groups in total. The fourth-order valence-corrected chi connectivity index (χ4v) is 22.2. The Kier molecular flexibility index (Phi) is 47.2. The van der Waals surface area contributed by atoms with E-state index >= 15 is 0 Å². The Balaban J connectivity index is 1.01. The fraction of sp³-hybridized carbons (Fsp3) is 0.889. The van der Waals surface area contributed by atoms with Crippen LogP contribution in [0.4, 0.5) is 0 Å². The molecule has 0 aromatic carbocycles. The maximum atomic E-state index is 12.3. The predicted molar refractivity (Wildman–Crippen MR) is 444 cm³/mol. The molecule has 0 aromatic heterocycles. The normalized spacial score (nSPS) is 40.4. The number of thioether (sulfide) groups is 8. The predicted octanol–water partition coefficient (Wildman–Crippen LogP) is -8.73. The highest BCUT2D eigenvalue weighted by atomic mass is 32.2. The molecule has 8 heterocycles. The van der Waals surface area contributed by atoms with Crippen molar-refractivity contribution in [1.29, 1.82) is 0 Å². The minimum atomic E-state index is -2.34. The number of ether oxygens (including phenoxy) is 15. The second-order valence-electron chi connectivity index (χ2n) is 30.7. The summed E-state index contributed by atoms with van der Waals surface area (Å²) in [5.74, 6) is -12.9. The van der Waals surface area contributed by atoms with Gasteiger partial charge in [-0.3, -0.25) is 38.4 Å². The topological polar surface area (TPSA) is 801 Å². The van der Waals surface area contributed by atoms with Crippen LogP contribution in [0.25, 0.3) is 0 Å². The molecule has 8 aliphatic rings. The molecule has 8 fully saturated rings. The number of carboxylic acid groups (broad SMARTS) is 8. The average Bonchev–Trinajstić information content (AvgIpc) is 0.884. The van der Waals surface area contributed by atoms with Gasteiger partial charge >= 0.3 is 47.8 Å². The number of carboxylic acids is 8. The first kappa shape index (κ1) is 112. The van der Waals surface area contributed by atoms with Gasteiger partial charge in [-0.05, 0) is 0 Å². The van der Waals surface area contributed by atoms with E-state index in [1.807, 2.05) is 0 Å². The van der Waals surface area contributed by atoms with Crippen LogP contribution in [0.2, 0.25) is 0 Å². The van der Waals surface area contributed by atoms with Gasteiger partial charge in [-0.25, -0.2) is 0 Å². The standard InChI is InChI=1S/C72H114O49S8/c73-33(74)1-9-122-17-25-41(89)42(90)51(99)66(108-25)116-59-27(19-124-11-3-35(77)78)110-68(53(101)44(59)92)118-61-29(21-126-13-5-37(81)82)112-70(55(103)46(61)94)120-63-31(23-128-15-7-39(85)86)114-72(57(105)48(63)96)121-64-32(24-129-16-8-40(87)88)113-71(56(104)49(64)97)119-62-30(22-127-14-6-38(83)84)111-69(54(102)47(62)95)117-60-28(20-125-12-4-36(79)80)109-67(52(100)45(60)93)115-58-26(18-123-10-2-34(75)76)107-65(106)50(98)43(58)91/h25-32,41-72,89-106H,1-24H2,(H,73,74)(H,75,76)(H,77,78)(H,79,80)(H,81,82)(H,83,84)(H,85,86)(H,87,88)/t25-,26-,27-,28-,29-,30-,31-,32-,41-,42+,43-,44-,45-,46-,47-,48-,49-,50-,51-,52-,53-,54-,55-,56-,57-,58-,59-,60-,61-,62-,63-,64-,65+,66-,67-,68-,69-,70-,71-,72-/m1/s1. The van der Waals surface area contributed by atoms with Crippen molar-refractivity contribution < 1.29 is 242 Å². The molecule has 0 radical (unpaired) electrons. The molecular weight excluding hydrogens is 1910 g/mol. The zero-order chi connectivity index (χ0) is 94.9. The third-order valence-electron chi connectivity index (χ3n) is 21.1. The molecule has 0 aliphatic carbocycles. The summed E-state index contributed by atoms with van der Waals surface area (Å²) < 4.78 is 91.5. The van der Waals surface area contributed by atoms with Gasteiger partial charge in [-0.15, -0.1) is 0 Å². The molecule has 57 heteroatoms. The number of aliphatic carboxylic acids is 8. The first-order valence-corrected chi connectivity index (χ1v) is 49.8. The summed E-state index contributed by atoms with van der Waals surface area (Å²) in [6, 6.07) is 0. The first-order chi connectivity index (χ1) is 61.1. The summed E-state index contributed by atoms with van der Waals surface area (Å²) in [6.07, 6.45) is -81.5. The summed E-state index contributed by atoms with van der Waals surface area (Å²) >= 11 is 7.35. The number of carbonyl (C=O) groups is 8. The zero-order valence-electron chi connectivity index (χ0n) is 68.3. The highest BCUT2D eigenvalue weighted by Crippen LogP contribution is 2.42. The van der Waals surface area contributed by atoms with Crippen LogP contribution in [0.1, 0.15) is 51.4 Å². The molecular formula is C72H114O49S8. The van der Waals surface area contributed by atoms with Crippen LogP contribution in [0.15, 0.2) is 0 Å².